The minimum Gasteiger partial charge on any atom is -0.463 e. The van der Waals surface area contributed by atoms with Crippen LogP contribution in [0.1, 0.15) is 16.1 Å². The summed E-state index contributed by atoms with van der Waals surface area (Å²) in [5.74, 6) is 0. The SMILES string of the molecule is Cc1ccc(-c2csc(/C(C#N)=C/c3coc4ccccc4c3=O)n2)cc1. The Morgan fingerprint density at radius 1 is 1.19 bits per heavy atom. The Kier molecular flexibility index (Phi) is 4.41. The molecule has 0 spiro atoms. The molecule has 27 heavy (non-hydrogen) atoms. The topological polar surface area (TPSA) is 66.9 Å². The molecule has 5 heteroatoms. The number of aryl methyl sites for hydroxylation is 1. The second kappa shape index (κ2) is 7.02. The van der Waals surface area contributed by atoms with E-state index in [-0.39, 0.29) is 5.43 Å². The zero-order valence-corrected chi connectivity index (χ0v) is 15.3. The third-order valence-corrected chi connectivity index (χ3v) is 5.08. The molecule has 0 atom stereocenters. The van der Waals surface area contributed by atoms with Crippen LogP contribution in [0.25, 0.3) is 33.9 Å². The molecule has 0 saturated carbocycles. The van der Waals surface area contributed by atoms with Crippen molar-refractivity contribution in [2.45, 2.75) is 6.92 Å². The summed E-state index contributed by atoms with van der Waals surface area (Å²) in [6.07, 6.45) is 2.92. The fraction of sp³-hybridized carbons (Fsp3) is 0.0455. The number of nitriles is 1. The molecule has 2 aromatic carbocycles. The van der Waals surface area contributed by atoms with Gasteiger partial charge in [-0.15, -0.1) is 11.3 Å². The predicted molar refractivity (Wildman–Crippen MR) is 108 cm³/mol. The van der Waals surface area contributed by atoms with Gasteiger partial charge in [0.15, 0.2) is 5.43 Å². The molecule has 130 valence electrons. The third-order valence-electron chi connectivity index (χ3n) is 4.21. The molecule has 0 bridgehead atoms. The maximum atomic E-state index is 12.6. The molecule has 0 aliphatic heterocycles. The van der Waals surface area contributed by atoms with Crippen LogP contribution >= 0.6 is 11.3 Å². The number of nitrogens with zero attached hydrogens (tertiary/aromatic N) is 2. The van der Waals surface area contributed by atoms with Crippen LogP contribution in [0.15, 0.2) is 69.4 Å². The van der Waals surface area contributed by atoms with Gasteiger partial charge in [-0.1, -0.05) is 42.0 Å². The van der Waals surface area contributed by atoms with Crippen molar-refractivity contribution in [3.8, 4) is 17.3 Å². The van der Waals surface area contributed by atoms with E-state index in [1.165, 1.54) is 29.2 Å². The van der Waals surface area contributed by atoms with E-state index < -0.39 is 0 Å². The van der Waals surface area contributed by atoms with Gasteiger partial charge in [-0.05, 0) is 25.1 Å². The second-order valence-corrected chi connectivity index (χ2v) is 6.95. The number of hydrogen-bond donors (Lipinski definition) is 0. The highest BCUT2D eigenvalue weighted by Crippen LogP contribution is 2.27. The lowest BCUT2D eigenvalue weighted by Crippen LogP contribution is -2.04. The van der Waals surface area contributed by atoms with Crippen molar-refractivity contribution in [3.63, 3.8) is 0 Å². The number of fused-ring (bicyclic) bond motifs is 1. The minimum atomic E-state index is -0.167. The summed E-state index contributed by atoms with van der Waals surface area (Å²) < 4.78 is 5.52. The van der Waals surface area contributed by atoms with Gasteiger partial charge < -0.3 is 4.42 Å². The second-order valence-electron chi connectivity index (χ2n) is 6.09. The number of thiazole rings is 1. The highest BCUT2D eigenvalue weighted by Gasteiger charge is 2.11. The van der Waals surface area contributed by atoms with Crippen LogP contribution in [0.3, 0.4) is 0 Å². The molecule has 4 nitrogen and oxygen atoms in total. The molecule has 2 aromatic heterocycles. The predicted octanol–water partition coefficient (Wildman–Crippen LogP) is 5.29. The molecule has 0 fully saturated rings. The summed E-state index contributed by atoms with van der Waals surface area (Å²) in [5, 5.41) is 12.5. The van der Waals surface area contributed by atoms with Crippen LogP contribution in [0.4, 0.5) is 0 Å². The first-order chi connectivity index (χ1) is 13.2. The number of aromatic nitrogens is 1. The fourth-order valence-corrected chi connectivity index (χ4v) is 3.54. The Hall–Kier alpha value is -3.49. The molecular formula is C22H14N2O2S. The highest BCUT2D eigenvalue weighted by atomic mass is 32.1. The monoisotopic (exact) mass is 370 g/mol. The van der Waals surface area contributed by atoms with Crippen molar-refractivity contribution >= 4 is 34.0 Å². The van der Waals surface area contributed by atoms with Crippen LogP contribution in [-0.4, -0.2) is 4.98 Å². The maximum Gasteiger partial charge on any atom is 0.199 e. The van der Waals surface area contributed by atoms with Crippen LogP contribution < -0.4 is 5.43 Å². The molecule has 0 amide bonds. The summed E-state index contributed by atoms with van der Waals surface area (Å²) in [5.41, 5.74) is 3.99. The zero-order valence-electron chi connectivity index (χ0n) is 14.5. The average molecular weight is 370 g/mol. The quantitative estimate of drug-likeness (QED) is 0.460. The standard InChI is InChI=1S/C22H14N2O2S/c1-14-6-8-15(9-7-14)19-13-27-22(24-19)16(11-23)10-17-12-26-20-5-3-2-4-18(20)21(17)25/h2-10,12-13H,1H3/b16-10+. The number of hydrogen-bond acceptors (Lipinski definition) is 5. The zero-order chi connectivity index (χ0) is 18.8. The molecule has 0 aliphatic carbocycles. The Labute approximate surface area is 159 Å². The number of allylic oxidation sites excluding steroid dienone is 1. The molecule has 0 radical (unpaired) electrons. The van der Waals surface area contributed by atoms with Gasteiger partial charge in [0.05, 0.1) is 22.2 Å². The lowest BCUT2D eigenvalue weighted by Gasteiger charge is -1.99. The molecule has 4 aromatic rings. The molecule has 0 aliphatic rings. The van der Waals surface area contributed by atoms with Gasteiger partial charge in [-0.25, -0.2) is 4.98 Å². The van der Waals surface area contributed by atoms with Gasteiger partial charge in [0, 0.05) is 10.9 Å². The summed E-state index contributed by atoms with van der Waals surface area (Å²) >= 11 is 1.38. The number of para-hydroxylation sites is 1. The molecule has 0 saturated heterocycles. The first-order valence-electron chi connectivity index (χ1n) is 8.31. The largest absolute Gasteiger partial charge is 0.463 e. The van der Waals surface area contributed by atoms with E-state index in [4.69, 9.17) is 4.42 Å². The maximum absolute atomic E-state index is 12.6. The lowest BCUT2D eigenvalue weighted by molar-refractivity contribution is 0.601. The van der Waals surface area contributed by atoms with E-state index in [1.54, 1.807) is 18.2 Å². The molecule has 4 rings (SSSR count). The lowest BCUT2D eigenvalue weighted by atomic mass is 10.1. The first-order valence-corrected chi connectivity index (χ1v) is 9.19. The van der Waals surface area contributed by atoms with Gasteiger partial charge in [0.25, 0.3) is 0 Å². The smallest absolute Gasteiger partial charge is 0.199 e. The molecule has 2 heterocycles. The van der Waals surface area contributed by atoms with Crippen molar-refractivity contribution in [1.29, 1.82) is 5.26 Å². The normalized spacial score (nSPS) is 11.5. The van der Waals surface area contributed by atoms with Crippen LogP contribution in [-0.2, 0) is 0 Å². The Balaban J connectivity index is 1.75. The minimum absolute atomic E-state index is 0.167. The van der Waals surface area contributed by atoms with E-state index in [2.05, 4.69) is 11.1 Å². The van der Waals surface area contributed by atoms with Crippen molar-refractivity contribution in [1.82, 2.24) is 4.98 Å². The van der Waals surface area contributed by atoms with Gasteiger partial charge >= 0.3 is 0 Å². The summed E-state index contributed by atoms with van der Waals surface area (Å²) in [7, 11) is 0. The summed E-state index contributed by atoms with van der Waals surface area (Å²) in [6.45, 7) is 2.03. The molecule has 0 N–H and O–H groups in total. The number of benzene rings is 2. The number of rotatable bonds is 3. The Morgan fingerprint density at radius 3 is 2.74 bits per heavy atom. The van der Waals surface area contributed by atoms with Crippen molar-refractivity contribution < 1.29 is 4.42 Å². The van der Waals surface area contributed by atoms with E-state index in [9.17, 15) is 10.1 Å². The van der Waals surface area contributed by atoms with Gasteiger partial charge in [-0.2, -0.15) is 5.26 Å². The van der Waals surface area contributed by atoms with Gasteiger partial charge in [-0.3, -0.25) is 4.79 Å². The van der Waals surface area contributed by atoms with Crippen molar-refractivity contribution in [2.75, 3.05) is 0 Å². The average Bonchev–Trinajstić information content (AvgIpc) is 3.18. The Bertz CT molecular complexity index is 1260. The van der Waals surface area contributed by atoms with E-state index in [0.717, 1.165) is 11.3 Å². The highest BCUT2D eigenvalue weighted by molar-refractivity contribution is 7.11. The summed E-state index contributed by atoms with van der Waals surface area (Å²) in [4.78, 5) is 17.2. The third kappa shape index (κ3) is 3.31. The van der Waals surface area contributed by atoms with Gasteiger partial charge in [0.2, 0.25) is 0 Å². The van der Waals surface area contributed by atoms with Gasteiger partial charge in [0.1, 0.15) is 22.9 Å². The first kappa shape index (κ1) is 17.0. The summed E-state index contributed by atoms with van der Waals surface area (Å²) in [6, 6.07) is 17.2. The Morgan fingerprint density at radius 2 is 1.96 bits per heavy atom. The van der Waals surface area contributed by atoms with E-state index in [0.29, 0.717) is 27.1 Å². The van der Waals surface area contributed by atoms with E-state index in [1.807, 2.05) is 42.6 Å². The molecular weight excluding hydrogens is 356 g/mol. The van der Waals surface area contributed by atoms with Crippen LogP contribution in [0.2, 0.25) is 0 Å². The fourth-order valence-electron chi connectivity index (χ4n) is 2.74. The van der Waals surface area contributed by atoms with Crippen LogP contribution in [0, 0.1) is 18.3 Å². The molecule has 0 unspecified atom stereocenters. The van der Waals surface area contributed by atoms with Crippen molar-refractivity contribution in [3.05, 3.63) is 86.5 Å². The van der Waals surface area contributed by atoms with Crippen molar-refractivity contribution in [2.24, 2.45) is 0 Å². The van der Waals surface area contributed by atoms with E-state index >= 15 is 0 Å². The van der Waals surface area contributed by atoms with Crippen LogP contribution in [0.5, 0.6) is 0 Å².